The van der Waals surface area contributed by atoms with E-state index in [2.05, 4.69) is 47.2 Å². The van der Waals surface area contributed by atoms with Crippen molar-refractivity contribution in [3.63, 3.8) is 0 Å². The Balaban J connectivity index is 2.23. The fraction of sp³-hybridized carbons (Fsp3) is 0.667. The average Bonchev–Trinajstić information content (AvgIpc) is 2.99. The van der Waals surface area contributed by atoms with Gasteiger partial charge < -0.3 is 10.1 Å². The van der Waals surface area contributed by atoms with Gasteiger partial charge in [0.05, 0.1) is 7.11 Å². The monoisotopic (exact) mass is 353 g/mol. The Morgan fingerprint density at radius 2 is 2.00 bits per heavy atom. The average molecular weight is 354 g/mol. The zero-order chi connectivity index (χ0) is 15.3. The van der Waals surface area contributed by atoms with Crippen LogP contribution in [0.4, 0.5) is 0 Å². The molecule has 2 nitrogen and oxygen atoms in total. The maximum atomic E-state index is 5.39. The Labute approximate surface area is 137 Å². The third-order valence-corrected chi connectivity index (χ3v) is 5.94. The molecule has 1 aromatic carbocycles. The third kappa shape index (κ3) is 3.81. The minimum Gasteiger partial charge on any atom is -0.497 e. The first-order chi connectivity index (χ1) is 10.1. The van der Waals surface area contributed by atoms with Crippen molar-refractivity contribution in [2.45, 2.75) is 58.4 Å². The van der Waals surface area contributed by atoms with Crippen LogP contribution in [0, 0.1) is 5.41 Å². The number of methoxy groups -OCH3 is 1. The SMILES string of the molecule is CCNC(Cc1cc(OC)ccc1Br)C1(CC)CCCC1. The lowest BCUT2D eigenvalue weighted by molar-refractivity contribution is 0.186. The van der Waals surface area contributed by atoms with E-state index >= 15 is 0 Å². The van der Waals surface area contributed by atoms with Crippen molar-refractivity contribution in [2.75, 3.05) is 13.7 Å². The predicted octanol–water partition coefficient (Wildman–Crippen LogP) is 4.95. The van der Waals surface area contributed by atoms with Gasteiger partial charge in [0.1, 0.15) is 5.75 Å². The standard InChI is InChI=1S/C18H28BrNO/c1-4-18(10-6-7-11-18)17(20-5-2)13-14-12-15(21-3)8-9-16(14)19/h8-9,12,17,20H,4-7,10-11,13H2,1-3H3. The molecule has 0 saturated heterocycles. The van der Waals surface area contributed by atoms with Gasteiger partial charge in [0.2, 0.25) is 0 Å². The van der Waals surface area contributed by atoms with Crippen LogP contribution in [0.1, 0.15) is 51.5 Å². The maximum Gasteiger partial charge on any atom is 0.119 e. The van der Waals surface area contributed by atoms with E-state index in [4.69, 9.17) is 4.74 Å². The van der Waals surface area contributed by atoms with Crippen molar-refractivity contribution in [1.29, 1.82) is 0 Å². The molecule has 0 aromatic heterocycles. The molecule has 1 saturated carbocycles. The van der Waals surface area contributed by atoms with Crippen molar-refractivity contribution in [2.24, 2.45) is 5.41 Å². The minimum atomic E-state index is 0.471. The number of ether oxygens (including phenoxy) is 1. The summed E-state index contributed by atoms with van der Waals surface area (Å²) in [6.07, 6.45) is 7.83. The molecule has 0 bridgehead atoms. The summed E-state index contributed by atoms with van der Waals surface area (Å²) in [6.45, 7) is 5.61. The van der Waals surface area contributed by atoms with Crippen LogP contribution in [0.5, 0.6) is 5.75 Å². The van der Waals surface area contributed by atoms with Crippen LogP contribution in [-0.4, -0.2) is 19.7 Å². The molecule has 1 aliphatic rings. The zero-order valence-electron chi connectivity index (χ0n) is 13.5. The van der Waals surface area contributed by atoms with E-state index in [9.17, 15) is 0 Å². The van der Waals surface area contributed by atoms with E-state index in [1.54, 1.807) is 7.11 Å². The molecular weight excluding hydrogens is 326 g/mol. The number of hydrogen-bond acceptors (Lipinski definition) is 2. The Morgan fingerprint density at radius 3 is 2.57 bits per heavy atom. The fourth-order valence-electron chi connectivity index (χ4n) is 3.83. The lowest BCUT2D eigenvalue weighted by Gasteiger charge is -2.38. The summed E-state index contributed by atoms with van der Waals surface area (Å²) in [5, 5.41) is 3.77. The first kappa shape index (κ1) is 16.8. The van der Waals surface area contributed by atoms with Gasteiger partial charge in [-0.15, -0.1) is 0 Å². The number of hydrogen-bond donors (Lipinski definition) is 1. The van der Waals surface area contributed by atoms with Gasteiger partial charge in [0.25, 0.3) is 0 Å². The highest BCUT2D eigenvalue weighted by molar-refractivity contribution is 9.10. The van der Waals surface area contributed by atoms with Crippen LogP contribution in [0.3, 0.4) is 0 Å². The summed E-state index contributed by atoms with van der Waals surface area (Å²) in [6, 6.07) is 6.84. The van der Waals surface area contributed by atoms with Gasteiger partial charge >= 0.3 is 0 Å². The molecule has 0 spiro atoms. The quantitative estimate of drug-likeness (QED) is 0.748. The van der Waals surface area contributed by atoms with E-state index in [-0.39, 0.29) is 0 Å². The second-order valence-corrected chi connectivity index (χ2v) is 7.05. The molecule has 21 heavy (non-hydrogen) atoms. The Kier molecular flexibility index (Phi) is 6.12. The zero-order valence-corrected chi connectivity index (χ0v) is 15.1. The van der Waals surface area contributed by atoms with Crippen LogP contribution < -0.4 is 10.1 Å². The van der Waals surface area contributed by atoms with Crippen LogP contribution in [0.25, 0.3) is 0 Å². The molecular formula is C18H28BrNO. The summed E-state index contributed by atoms with van der Waals surface area (Å²) in [4.78, 5) is 0. The van der Waals surface area contributed by atoms with Crippen LogP contribution in [0.15, 0.2) is 22.7 Å². The number of benzene rings is 1. The van der Waals surface area contributed by atoms with Gasteiger partial charge in [-0.2, -0.15) is 0 Å². The molecule has 0 heterocycles. The summed E-state index contributed by atoms with van der Waals surface area (Å²) < 4.78 is 6.58. The van der Waals surface area contributed by atoms with E-state index in [0.29, 0.717) is 11.5 Å². The highest BCUT2D eigenvalue weighted by Crippen LogP contribution is 2.45. The van der Waals surface area contributed by atoms with Crippen molar-refractivity contribution in [3.05, 3.63) is 28.2 Å². The molecule has 2 rings (SSSR count). The molecule has 118 valence electrons. The molecule has 3 heteroatoms. The lowest BCUT2D eigenvalue weighted by Crippen LogP contribution is -2.45. The first-order valence-corrected chi connectivity index (χ1v) is 9.00. The number of rotatable bonds is 7. The molecule has 1 N–H and O–H groups in total. The third-order valence-electron chi connectivity index (χ3n) is 5.17. The molecule has 1 fully saturated rings. The Morgan fingerprint density at radius 1 is 1.29 bits per heavy atom. The van der Waals surface area contributed by atoms with Crippen LogP contribution in [0.2, 0.25) is 0 Å². The van der Waals surface area contributed by atoms with Gasteiger partial charge in [-0.05, 0) is 61.4 Å². The van der Waals surface area contributed by atoms with E-state index < -0.39 is 0 Å². The molecule has 0 aliphatic heterocycles. The summed E-state index contributed by atoms with van der Waals surface area (Å²) >= 11 is 3.70. The second kappa shape index (κ2) is 7.64. The summed E-state index contributed by atoms with van der Waals surface area (Å²) in [7, 11) is 1.74. The largest absolute Gasteiger partial charge is 0.497 e. The van der Waals surface area contributed by atoms with Gasteiger partial charge in [-0.25, -0.2) is 0 Å². The highest BCUT2D eigenvalue weighted by Gasteiger charge is 2.39. The Bertz CT molecular complexity index is 455. The molecule has 0 radical (unpaired) electrons. The van der Waals surface area contributed by atoms with Gasteiger partial charge in [0.15, 0.2) is 0 Å². The number of halogens is 1. The van der Waals surface area contributed by atoms with Gasteiger partial charge in [-0.3, -0.25) is 0 Å². The summed E-state index contributed by atoms with van der Waals surface area (Å²) in [5.41, 5.74) is 1.82. The molecule has 1 aromatic rings. The van der Waals surface area contributed by atoms with Gasteiger partial charge in [0, 0.05) is 10.5 Å². The normalized spacial score (nSPS) is 18.7. The topological polar surface area (TPSA) is 21.3 Å². The minimum absolute atomic E-state index is 0.471. The molecule has 1 aliphatic carbocycles. The smallest absolute Gasteiger partial charge is 0.119 e. The first-order valence-electron chi connectivity index (χ1n) is 8.21. The second-order valence-electron chi connectivity index (χ2n) is 6.19. The van der Waals surface area contributed by atoms with E-state index in [1.807, 2.05) is 6.07 Å². The number of likely N-dealkylation sites (N-methyl/N-ethyl adjacent to an activating group) is 1. The van der Waals surface area contributed by atoms with Crippen LogP contribution in [-0.2, 0) is 6.42 Å². The van der Waals surface area contributed by atoms with Crippen molar-refractivity contribution < 1.29 is 4.74 Å². The maximum absolute atomic E-state index is 5.39. The predicted molar refractivity (Wildman–Crippen MR) is 93.1 cm³/mol. The van der Waals surface area contributed by atoms with Gasteiger partial charge in [-0.1, -0.05) is 42.6 Å². The van der Waals surface area contributed by atoms with Crippen molar-refractivity contribution in [1.82, 2.24) is 5.32 Å². The highest BCUT2D eigenvalue weighted by atomic mass is 79.9. The van der Waals surface area contributed by atoms with Crippen LogP contribution >= 0.6 is 15.9 Å². The lowest BCUT2D eigenvalue weighted by atomic mass is 9.74. The number of nitrogens with one attached hydrogen (secondary N) is 1. The molecule has 0 amide bonds. The molecule has 1 unspecified atom stereocenters. The fourth-order valence-corrected chi connectivity index (χ4v) is 4.24. The van der Waals surface area contributed by atoms with E-state index in [1.165, 1.54) is 42.1 Å². The van der Waals surface area contributed by atoms with E-state index in [0.717, 1.165) is 18.7 Å². The molecule has 1 atom stereocenters. The Hall–Kier alpha value is -0.540. The van der Waals surface area contributed by atoms with Crippen molar-refractivity contribution >= 4 is 15.9 Å². The summed E-state index contributed by atoms with van der Waals surface area (Å²) in [5.74, 6) is 0.945. The van der Waals surface area contributed by atoms with Crippen molar-refractivity contribution in [3.8, 4) is 5.75 Å².